The molecule has 3 nitrogen and oxygen atoms in total. The molecule has 1 aromatic heterocycles. The van der Waals surface area contributed by atoms with Gasteiger partial charge in [0.2, 0.25) is 0 Å². The Morgan fingerprint density at radius 1 is 1.05 bits per heavy atom. The third-order valence-electron chi connectivity index (χ3n) is 3.39. The van der Waals surface area contributed by atoms with Gasteiger partial charge in [-0.1, -0.05) is 12.1 Å². The lowest BCUT2D eigenvalue weighted by Crippen LogP contribution is -2.13. The molecule has 1 aromatic carbocycles. The smallest absolute Gasteiger partial charge is 0.159 e. The average molecular weight is 287 g/mol. The summed E-state index contributed by atoms with van der Waals surface area (Å²) in [7, 11) is 1.97. The zero-order chi connectivity index (χ0) is 14.5. The van der Waals surface area contributed by atoms with Crippen LogP contribution in [0.3, 0.4) is 0 Å². The highest BCUT2D eigenvalue weighted by Gasteiger charge is 2.09. The Balaban J connectivity index is 2.33. The van der Waals surface area contributed by atoms with Crippen molar-refractivity contribution in [1.29, 1.82) is 0 Å². The maximum absolute atomic E-state index is 4.67. The van der Waals surface area contributed by atoms with Gasteiger partial charge in [-0.15, -0.1) is 11.8 Å². The van der Waals surface area contributed by atoms with Gasteiger partial charge in [-0.05, 0) is 57.8 Å². The molecule has 0 aliphatic heterocycles. The summed E-state index contributed by atoms with van der Waals surface area (Å²) < 4.78 is 0. The first-order chi connectivity index (χ1) is 9.65. The quantitative estimate of drug-likeness (QED) is 0.857. The topological polar surface area (TPSA) is 37.8 Å². The summed E-state index contributed by atoms with van der Waals surface area (Å²) in [5.74, 6) is 0.820. The van der Waals surface area contributed by atoms with Crippen LogP contribution in [0.2, 0.25) is 0 Å². The number of rotatable bonds is 5. The lowest BCUT2D eigenvalue weighted by molar-refractivity contribution is 0.774. The van der Waals surface area contributed by atoms with Crippen LogP contribution in [-0.2, 0) is 6.42 Å². The number of nitrogens with one attached hydrogen (secondary N) is 1. The van der Waals surface area contributed by atoms with Crippen molar-refractivity contribution in [3.05, 3.63) is 41.2 Å². The van der Waals surface area contributed by atoms with Crippen molar-refractivity contribution < 1.29 is 0 Å². The molecule has 0 atom stereocenters. The molecule has 0 bridgehead atoms. The predicted molar refractivity (Wildman–Crippen MR) is 86.4 cm³/mol. The molecular weight excluding hydrogens is 266 g/mol. The Morgan fingerprint density at radius 2 is 1.65 bits per heavy atom. The van der Waals surface area contributed by atoms with Crippen molar-refractivity contribution in [2.75, 3.05) is 19.8 Å². The monoisotopic (exact) mass is 287 g/mol. The van der Waals surface area contributed by atoms with Gasteiger partial charge >= 0.3 is 0 Å². The highest BCUT2D eigenvalue weighted by Crippen LogP contribution is 2.22. The van der Waals surface area contributed by atoms with E-state index in [1.807, 2.05) is 7.05 Å². The van der Waals surface area contributed by atoms with Crippen LogP contribution < -0.4 is 5.32 Å². The molecule has 0 aliphatic rings. The van der Waals surface area contributed by atoms with Crippen LogP contribution in [0.5, 0.6) is 0 Å². The van der Waals surface area contributed by atoms with E-state index in [0.717, 1.165) is 35.7 Å². The summed E-state index contributed by atoms with van der Waals surface area (Å²) in [6.45, 7) is 5.09. The fourth-order valence-corrected chi connectivity index (χ4v) is 2.63. The van der Waals surface area contributed by atoms with Gasteiger partial charge in [-0.25, -0.2) is 9.97 Å². The third kappa shape index (κ3) is 3.38. The number of hydrogen-bond acceptors (Lipinski definition) is 4. The summed E-state index contributed by atoms with van der Waals surface area (Å²) in [5.41, 5.74) is 4.49. The Labute approximate surface area is 125 Å². The van der Waals surface area contributed by atoms with Crippen molar-refractivity contribution in [2.24, 2.45) is 0 Å². The predicted octanol–water partition coefficient (Wildman–Crippen LogP) is 3.24. The number of aryl methyl sites for hydroxylation is 2. The van der Waals surface area contributed by atoms with Crippen LogP contribution in [0.25, 0.3) is 11.4 Å². The van der Waals surface area contributed by atoms with Crippen molar-refractivity contribution in [1.82, 2.24) is 15.3 Å². The first-order valence-electron chi connectivity index (χ1n) is 6.79. The molecule has 4 heteroatoms. The van der Waals surface area contributed by atoms with E-state index >= 15 is 0 Å². The molecule has 0 unspecified atom stereocenters. The number of hydrogen-bond donors (Lipinski definition) is 1. The van der Waals surface area contributed by atoms with Crippen molar-refractivity contribution >= 4 is 11.8 Å². The van der Waals surface area contributed by atoms with Gasteiger partial charge < -0.3 is 5.32 Å². The minimum atomic E-state index is 0.820. The molecule has 2 rings (SSSR count). The van der Waals surface area contributed by atoms with Crippen molar-refractivity contribution in [2.45, 2.75) is 25.2 Å². The number of aromatic nitrogens is 2. The standard InChI is InChI=1S/C16H21N3S/c1-11-15(9-10-17-3)12(2)19-16(18-11)13-5-7-14(20-4)8-6-13/h5-8,17H,9-10H2,1-4H3. The largest absolute Gasteiger partial charge is 0.319 e. The van der Waals surface area contributed by atoms with Gasteiger partial charge in [0.1, 0.15) is 0 Å². The molecule has 0 radical (unpaired) electrons. The summed E-state index contributed by atoms with van der Waals surface area (Å²) >= 11 is 1.74. The lowest BCUT2D eigenvalue weighted by atomic mass is 10.1. The summed E-state index contributed by atoms with van der Waals surface area (Å²) in [4.78, 5) is 10.6. The zero-order valence-corrected chi connectivity index (χ0v) is 13.3. The molecular formula is C16H21N3S. The Bertz CT molecular complexity index is 556. The fourth-order valence-electron chi connectivity index (χ4n) is 2.22. The van der Waals surface area contributed by atoms with Crippen LogP contribution in [0, 0.1) is 13.8 Å². The van der Waals surface area contributed by atoms with Gasteiger partial charge in [0.05, 0.1) is 0 Å². The Kier molecular flexibility index (Phi) is 5.15. The van der Waals surface area contributed by atoms with Gasteiger partial charge in [-0.2, -0.15) is 0 Å². The van der Waals surface area contributed by atoms with Crippen LogP contribution in [0.1, 0.15) is 17.0 Å². The second kappa shape index (κ2) is 6.86. The molecule has 106 valence electrons. The first-order valence-corrected chi connectivity index (χ1v) is 8.01. The molecule has 1 heterocycles. The molecule has 0 aliphatic carbocycles. The molecule has 0 saturated carbocycles. The van der Waals surface area contributed by atoms with Gasteiger partial charge in [0.25, 0.3) is 0 Å². The second-order valence-corrected chi connectivity index (χ2v) is 5.66. The van der Waals surface area contributed by atoms with E-state index in [2.05, 4.69) is 59.7 Å². The summed E-state index contributed by atoms with van der Waals surface area (Å²) in [6, 6.07) is 8.41. The Morgan fingerprint density at radius 3 is 2.15 bits per heavy atom. The maximum Gasteiger partial charge on any atom is 0.159 e. The van der Waals surface area contributed by atoms with Crippen LogP contribution in [-0.4, -0.2) is 29.8 Å². The molecule has 0 amide bonds. The molecule has 20 heavy (non-hydrogen) atoms. The lowest BCUT2D eigenvalue weighted by Gasteiger charge is -2.11. The van der Waals surface area contributed by atoms with Crippen LogP contribution >= 0.6 is 11.8 Å². The van der Waals surface area contributed by atoms with Crippen molar-refractivity contribution in [3.63, 3.8) is 0 Å². The van der Waals surface area contributed by atoms with E-state index in [9.17, 15) is 0 Å². The van der Waals surface area contributed by atoms with Gasteiger partial charge in [-0.3, -0.25) is 0 Å². The number of benzene rings is 1. The molecule has 2 aromatic rings. The minimum absolute atomic E-state index is 0.820. The second-order valence-electron chi connectivity index (χ2n) is 4.78. The van der Waals surface area contributed by atoms with E-state index in [1.54, 1.807) is 11.8 Å². The Hall–Kier alpha value is -1.39. The van der Waals surface area contributed by atoms with Crippen molar-refractivity contribution in [3.8, 4) is 11.4 Å². The number of likely N-dealkylation sites (N-methyl/N-ethyl adjacent to an activating group) is 1. The minimum Gasteiger partial charge on any atom is -0.319 e. The highest BCUT2D eigenvalue weighted by molar-refractivity contribution is 7.98. The molecule has 0 saturated heterocycles. The van der Waals surface area contributed by atoms with E-state index in [0.29, 0.717) is 0 Å². The first kappa shape index (κ1) is 15.0. The SMILES string of the molecule is CNCCc1c(C)nc(-c2ccc(SC)cc2)nc1C. The maximum atomic E-state index is 4.67. The van der Waals surface area contributed by atoms with Gasteiger partial charge in [0.15, 0.2) is 5.82 Å². The molecule has 0 spiro atoms. The fraction of sp³-hybridized carbons (Fsp3) is 0.375. The molecule has 1 N–H and O–H groups in total. The third-order valence-corrected chi connectivity index (χ3v) is 4.14. The van der Waals surface area contributed by atoms with E-state index in [1.165, 1.54) is 10.5 Å². The van der Waals surface area contributed by atoms with E-state index in [-0.39, 0.29) is 0 Å². The highest BCUT2D eigenvalue weighted by atomic mass is 32.2. The summed E-state index contributed by atoms with van der Waals surface area (Å²) in [5, 5.41) is 3.17. The number of nitrogens with zero attached hydrogens (tertiary/aromatic N) is 2. The normalized spacial score (nSPS) is 10.8. The van der Waals surface area contributed by atoms with Crippen LogP contribution in [0.4, 0.5) is 0 Å². The zero-order valence-electron chi connectivity index (χ0n) is 12.5. The molecule has 0 fully saturated rings. The summed E-state index contributed by atoms with van der Waals surface area (Å²) in [6.07, 6.45) is 3.05. The number of thioether (sulfide) groups is 1. The average Bonchev–Trinajstić information content (AvgIpc) is 2.46. The van der Waals surface area contributed by atoms with E-state index in [4.69, 9.17) is 0 Å². The van der Waals surface area contributed by atoms with E-state index < -0.39 is 0 Å². The van der Waals surface area contributed by atoms with Gasteiger partial charge in [0, 0.05) is 21.8 Å². The van der Waals surface area contributed by atoms with Crippen LogP contribution in [0.15, 0.2) is 29.2 Å².